The smallest absolute Gasteiger partial charge is 0.267 e. The summed E-state index contributed by atoms with van der Waals surface area (Å²) in [5.74, 6) is -0.372. The van der Waals surface area contributed by atoms with Crippen molar-refractivity contribution in [1.29, 1.82) is 0 Å². The topological polar surface area (TPSA) is 84.6 Å². The summed E-state index contributed by atoms with van der Waals surface area (Å²) in [6, 6.07) is 12.3. The Labute approximate surface area is 139 Å². The molecule has 6 nitrogen and oxygen atoms in total. The summed E-state index contributed by atoms with van der Waals surface area (Å²) < 4.78 is 0. The van der Waals surface area contributed by atoms with Crippen LogP contribution in [-0.4, -0.2) is 16.5 Å². The summed E-state index contributed by atoms with van der Waals surface area (Å²) in [6.07, 6.45) is 2.84. The van der Waals surface area contributed by atoms with Gasteiger partial charge in [0.05, 0.1) is 10.6 Å². The van der Waals surface area contributed by atoms with Gasteiger partial charge >= 0.3 is 0 Å². The van der Waals surface area contributed by atoms with Gasteiger partial charge in [-0.3, -0.25) is 14.9 Å². The van der Waals surface area contributed by atoms with Gasteiger partial charge in [0.2, 0.25) is 0 Å². The lowest BCUT2D eigenvalue weighted by atomic mass is 9.90. The van der Waals surface area contributed by atoms with Crippen LogP contribution in [0, 0.1) is 17.0 Å². The van der Waals surface area contributed by atoms with Crippen LogP contribution in [-0.2, 0) is 6.42 Å². The van der Waals surface area contributed by atoms with E-state index in [1.54, 1.807) is 6.92 Å². The number of hydrogen-bond donors (Lipinski definition) is 1. The fourth-order valence-corrected chi connectivity index (χ4v) is 2.90. The number of rotatable bonds is 3. The van der Waals surface area contributed by atoms with Gasteiger partial charge in [-0.2, -0.15) is 5.10 Å². The number of aryl methyl sites for hydroxylation is 2. The minimum atomic E-state index is -0.462. The number of carbonyl (C=O) groups excluding carboxylic acids is 1. The summed E-state index contributed by atoms with van der Waals surface area (Å²) in [5.41, 5.74) is 6.54. The first-order valence-electron chi connectivity index (χ1n) is 7.76. The molecule has 0 spiro atoms. The molecule has 122 valence electrons. The lowest BCUT2D eigenvalue weighted by molar-refractivity contribution is -0.385. The van der Waals surface area contributed by atoms with Crippen LogP contribution in [0.25, 0.3) is 0 Å². The first kappa shape index (κ1) is 15.9. The van der Waals surface area contributed by atoms with Crippen molar-refractivity contribution in [2.24, 2.45) is 5.10 Å². The van der Waals surface area contributed by atoms with E-state index in [4.69, 9.17) is 0 Å². The van der Waals surface area contributed by atoms with Gasteiger partial charge in [0.25, 0.3) is 11.6 Å². The molecule has 24 heavy (non-hydrogen) atoms. The molecule has 3 rings (SSSR count). The molecule has 1 aliphatic rings. The van der Waals surface area contributed by atoms with Crippen LogP contribution in [0.5, 0.6) is 0 Å². The maximum absolute atomic E-state index is 12.2. The third-order valence-electron chi connectivity index (χ3n) is 4.14. The number of hydrogen-bond acceptors (Lipinski definition) is 4. The normalized spacial score (nSPS) is 15.0. The zero-order chi connectivity index (χ0) is 17.1. The number of hydrazone groups is 1. The van der Waals surface area contributed by atoms with Gasteiger partial charge in [0.15, 0.2) is 0 Å². The molecule has 0 fully saturated rings. The summed E-state index contributed by atoms with van der Waals surface area (Å²) in [4.78, 5) is 22.6. The quantitative estimate of drug-likeness (QED) is 0.694. The number of carbonyl (C=O) groups is 1. The first-order chi connectivity index (χ1) is 11.6. The molecule has 0 aliphatic heterocycles. The highest BCUT2D eigenvalue weighted by Gasteiger charge is 2.16. The van der Waals surface area contributed by atoms with E-state index in [0.717, 1.165) is 30.5 Å². The largest absolute Gasteiger partial charge is 0.272 e. The van der Waals surface area contributed by atoms with Crippen LogP contribution in [0.3, 0.4) is 0 Å². The van der Waals surface area contributed by atoms with Crippen LogP contribution in [0.2, 0.25) is 0 Å². The first-order valence-corrected chi connectivity index (χ1v) is 7.76. The number of fused-ring (bicyclic) bond motifs is 1. The second kappa shape index (κ2) is 6.62. The van der Waals surface area contributed by atoms with Crippen molar-refractivity contribution in [2.45, 2.75) is 26.2 Å². The van der Waals surface area contributed by atoms with E-state index in [-0.39, 0.29) is 11.6 Å². The van der Waals surface area contributed by atoms with Gasteiger partial charge in [-0.15, -0.1) is 0 Å². The Hall–Kier alpha value is -3.02. The molecule has 1 amide bonds. The predicted molar refractivity (Wildman–Crippen MR) is 91.2 cm³/mol. The minimum Gasteiger partial charge on any atom is -0.267 e. The lowest BCUT2D eigenvalue weighted by Crippen LogP contribution is -2.22. The molecule has 0 bridgehead atoms. The average molecular weight is 323 g/mol. The second-order valence-electron chi connectivity index (χ2n) is 5.77. The molecular weight excluding hydrogens is 306 g/mol. The van der Waals surface area contributed by atoms with E-state index in [9.17, 15) is 14.9 Å². The van der Waals surface area contributed by atoms with Gasteiger partial charge in [-0.1, -0.05) is 24.3 Å². The monoisotopic (exact) mass is 323 g/mol. The lowest BCUT2D eigenvalue weighted by Gasteiger charge is -2.17. The fraction of sp³-hybridized carbons (Fsp3) is 0.222. The number of nitro benzene ring substituents is 1. The number of benzene rings is 2. The third-order valence-corrected chi connectivity index (χ3v) is 4.14. The SMILES string of the molecule is Cc1cc(C(=O)N/N=C2/CCCc3ccccc32)ccc1[N+](=O)[O-]. The molecule has 2 aromatic carbocycles. The molecule has 0 heterocycles. The van der Waals surface area contributed by atoms with Crippen molar-refractivity contribution >= 4 is 17.3 Å². The van der Waals surface area contributed by atoms with Crippen LogP contribution in [0.15, 0.2) is 47.6 Å². The maximum Gasteiger partial charge on any atom is 0.272 e. The minimum absolute atomic E-state index is 0.000860. The summed E-state index contributed by atoms with van der Waals surface area (Å²) in [6.45, 7) is 1.61. The summed E-state index contributed by atoms with van der Waals surface area (Å²) in [7, 11) is 0. The molecule has 6 heteroatoms. The van der Waals surface area contributed by atoms with Gasteiger partial charge < -0.3 is 0 Å². The van der Waals surface area contributed by atoms with Gasteiger partial charge in [-0.05, 0) is 43.9 Å². The van der Waals surface area contributed by atoms with E-state index in [2.05, 4.69) is 16.6 Å². The Morgan fingerprint density at radius 2 is 2.00 bits per heavy atom. The molecule has 1 aliphatic carbocycles. The number of nitrogens with zero attached hydrogens (tertiary/aromatic N) is 2. The van der Waals surface area contributed by atoms with E-state index in [1.807, 2.05) is 18.2 Å². The zero-order valence-electron chi connectivity index (χ0n) is 13.3. The van der Waals surface area contributed by atoms with Crippen molar-refractivity contribution < 1.29 is 9.72 Å². The van der Waals surface area contributed by atoms with E-state index < -0.39 is 4.92 Å². The molecular formula is C18H17N3O3. The van der Waals surface area contributed by atoms with Crippen molar-refractivity contribution in [3.63, 3.8) is 0 Å². The zero-order valence-corrected chi connectivity index (χ0v) is 13.3. The van der Waals surface area contributed by atoms with Crippen molar-refractivity contribution in [1.82, 2.24) is 5.43 Å². The van der Waals surface area contributed by atoms with Gasteiger partial charge in [0.1, 0.15) is 0 Å². The van der Waals surface area contributed by atoms with Gasteiger partial charge in [-0.25, -0.2) is 5.43 Å². The van der Waals surface area contributed by atoms with Crippen molar-refractivity contribution in [2.75, 3.05) is 0 Å². The Balaban J connectivity index is 1.79. The van der Waals surface area contributed by atoms with Crippen molar-refractivity contribution in [3.05, 3.63) is 74.8 Å². The maximum atomic E-state index is 12.2. The molecule has 0 aromatic heterocycles. The summed E-state index contributed by atoms with van der Waals surface area (Å²) >= 11 is 0. The number of nitrogens with one attached hydrogen (secondary N) is 1. The van der Waals surface area contributed by atoms with Crippen LogP contribution in [0.4, 0.5) is 5.69 Å². The number of nitro groups is 1. The predicted octanol–water partition coefficient (Wildman–Crippen LogP) is 3.37. The molecule has 0 saturated carbocycles. The van der Waals surface area contributed by atoms with Crippen LogP contribution < -0.4 is 5.43 Å². The highest BCUT2D eigenvalue weighted by molar-refractivity contribution is 6.04. The van der Waals surface area contributed by atoms with E-state index in [1.165, 1.54) is 23.8 Å². The highest BCUT2D eigenvalue weighted by atomic mass is 16.6. The molecule has 2 aromatic rings. The molecule has 0 saturated heterocycles. The van der Waals surface area contributed by atoms with Crippen molar-refractivity contribution in [3.8, 4) is 0 Å². The third kappa shape index (κ3) is 3.17. The Bertz CT molecular complexity index is 843. The molecule has 1 N–H and O–H groups in total. The Kier molecular flexibility index (Phi) is 4.37. The Morgan fingerprint density at radius 3 is 2.75 bits per heavy atom. The van der Waals surface area contributed by atoms with Gasteiger partial charge in [0, 0.05) is 22.8 Å². The van der Waals surface area contributed by atoms with E-state index >= 15 is 0 Å². The van der Waals surface area contributed by atoms with E-state index in [0.29, 0.717) is 11.1 Å². The van der Waals surface area contributed by atoms with Crippen LogP contribution >= 0.6 is 0 Å². The Morgan fingerprint density at radius 1 is 1.21 bits per heavy atom. The molecule has 0 atom stereocenters. The number of amides is 1. The standard InChI is InChI=1S/C18H17N3O3/c1-12-11-14(9-10-17(12)21(23)24)18(22)20-19-16-8-4-6-13-5-2-3-7-15(13)16/h2-3,5,7,9-11H,4,6,8H2,1H3,(H,20,22)/b19-16-. The van der Waals surface area contributed by atoms with Crippen LogP contribution in [0.1, 0.15) is 39.9 Å². The molecule has 0 unspecified atom stereocenters. The molecule has 0 radical (unpaired) electrons. The average Bonchev–Trinajstić information content (AvgIpc) is 2.59. The second-order valence-corrected chi connectivity index (χ2v) is 5.77. The summed E-state index contributed by atoms with van der Waals surface area (Å²) in [5, 5.41) is 15.1. The fourth-order valence-electron chi connectivity index (χ4n) is 2.90. The highest BCUT2D eigenvalue weighted by Crippen LogP contribution is 2.21.